The van der Waals surface area contributed by atoms with Gasteiger partial charge in [0.25, 0.3) is 0 Å². The highest BCUT2D eigenvalue weighted by Gasteiger charge is 2.11. The third-order valence-electron chi connectivity index (χ3n) is 3.47. The third-order valence-corrected chi connectivity index (χ3v) is 3.77. The molecular formula is C17H22ClN3. The van der Waals surface area contributed by atoms with E-state index in [0.29, 0.717) is 6.54 Å². The van der Waals surface area contributed by atoms with Crippen LogP contribution in [-0.4, -0.2) is 18.1 Å². The Bertz CT molecular complexity index is 598. The number of nitrogens with zero attached hydrogens (tertiary/aromatic N) is 2. The topological polar surface area (TPSA) is 42.2 Å². The Kier molecular flexibility index (Phi) is 5.59. The minimum absolute atomic E-state index is 0.639. The minimum Gasteiger partial charge on any atom is -0.365 e. The van der Waals surface area contributed by atoms with Gasteiger partial charge in [-0.2, -0.15) is 0 Å². The first-order valence-corrected chi connectivity index (χ1v) is 7.67. The van der Waals surface area contributed by atoms with Gasteiger partial charge in [-0.15, -0.1) is 0 Å². The van der Waals surface area contributed by atoms with E-state index in [1.807, 2.05) is 31.2 Å². The summed E-state index contributed by atoms with van der Waals surface area (Å²) < 4.78 is 0. The summed E-state index contributed by atoms with van der Waals surface area (Å²) in [6.07, 6.45) is 0.853. The lowest BCUT2D eigenvalue weighted by Gasteiger charge is -2.24. The van der Waals surface area contributed by atoms with Crippen LogP contribution in [0.3, 0.4) is 0 Å². The minimum atomic E-state index is 0.639. The molecule has 2 N–H and O–H groups in total. The number of rotatable bonds is 6. The summed E-state index contributed by atoms with van der Waals surface area (Å²) in [7, 11) is 0. The van der Waals surface area contributed by atoms with Gasteiger partial charge in [0.05, 0.1) is 22.9 Å². The number of hydrogen-bond donors (Lipinski definition) is 1. The van der Waals surface area contributed by atoms with Crippen molar-refractivity contribution in [3.05, 3.63) is 58.4 Å². The van der Waals surface area contributed by atoms with Crippen LogP contribution in [-0.2, 0) is 13.0 Å². The standard InChI is InChI=1S/C17H22ClN3/c1-3-21(12-15-6-4-5-13(2)20-15)17-8-7-14(9-10-19)11-16(17)18/h4-8,11H,3,9-10,12,19H2,1-2H3. The first-order chi connectivity index (χ1) is 10.1. The molecule has 0 bridgehead atoms. The SMILES string of the molecule is CCN(Cc1cccc(C)n1)c1ccc(CCN)cc1Cl. The molecule has 0 saturated heterocycles. The summed E-state index contributed by atoms with van der Waals surface area (Å²) in [4.78, 5) is 6.79. The highest BCUT2D eigenvalue weighted by atomic mass is 35.5. The molecule has 1 heterocycles. The highest BCUT2D eigenvalue weighted by Crippen LogP contribution is 2.28. The average molecular weight is 304 g/mol. The normalized spacial score (nSPS) is 10.7. The molecular weight excluding hydrogens is 282 g/mol. The van der Waals surface area contributed by atoms with Gasteiger partial charge >= 0.3 is 0 Å². The zero-order valence-corrected chi connectivity index (χ0v) is 13.4. The number of halogens is 1. The van der Waals surface area contributed by atoms with Gasteiger partial charge in [-0.25, -0.2) is 0 Å². The Labute approximate surface area is 131 Å². The first kappa shape index (κ1) is 15.8. The molecule has 0 fully saturated rings. The second-order valence-electron chi connectivity index (χ2n) is 5.11. The van der Waals surface area contributed by atoms with Crippen molar-refractivity contribution in [3.63, 3.8) is 0 Å². The number of benzene rings is 1. The molecule has 112 valence electrons. The van der Waals surface area contributed by atoms with Crippen molar-refractivity contribution in [3.8, 4) is 0 Å². The van der Waals surface area contributed by atoms with Crippen molar-refractivity contribution >= 4 is 17.3 Å². The number of anilines is 1. The molecule has 0 spiro atoms. The average Bonchev–Trinajstić information content (AvgIpc) is 2.46. The molecule has 1 aromatic heterocycles. The molecule has 4 heteroatoms. The molecule has 21 heavy (non-hydrogen) atoms. The lowest BCUT2D eigenvalue weighted by atomic mass is 10.1. The Morgan fingerprint density at radius 2 is 2.05 bits per heavy atom. The molecule has 0 aliphatic rings. The van der Waals surface area contributed by atoms with Gasteiger partial charge in [0.15, 0.2) is 0 Å². The van der Waals surface area contributed by atoms with E-state index in [2.05, 4.69) is 28.9 Å². The highest BCUT2D eigenvalue weighted by molar-refractivity contribution is 6.33. The van der Waals surface area contributed by atoms with Gasteiger partial charge in [-0.3, -0.25) is 4.98 Å². The predicted octanol–water partition coefficient (Wildman–Crippen LogP) is 3.57. The van der Waals surface area contributed by atoms with Crippen LogP contribution in [0.5, 0.6) is 0 Å². The van der Waals surface area contributed by atoms with E-state index >= 15 is 0 Å². The monoisotopic (exact) mass is 303 g/mol. The zero-order valence-electron chi connectivity index (χ0n) is 12.6. The fourth-order valence-corrected chi connectivity index (χ4v) is 2.70. The molecule has 0 radical (unpaired) electrons. The molecule has 0 amide bonds. The quantitative estimate of drug-likeness (QED) is 0.887. The zero-order chi connectivity index (χ0) is 15.2. The van der Waals surface area contributed by atoms with Crippen LogP contribution in [0, 0.1) is 6.92 Å². The number of aromatic nitrogens is 1. The van der Waals surface area contributed by atoms with Gasteiger partial charge in [0.1, 0.15) is 0 Å². The van der Waals surface area contributed by atoms with E-state index < -0.39 is 0 Å². The summed E-state index contributed by atoms with van der Waals surface area (Å²) in [5, 5.41) is 0.774. The lowest BCUT2D eigenvalue weighted by Crippen LogP contribution is -2.23. The maximum Gasteiger partial charge on any atom is 0.0642 e. The van der Waals surface area contributed by atoms with Crippen molar-refractivity contribution in [2.45, 2.75) is 26.8 Å². The summed E-state index contributed by atoms with van der Waals surface area (Å²) in [6.45, 7) is 6.41. The van der Waals surface area contributed by atoms with Gasteiger partial charge in [-0.05, 0) is 56.6 Å². The summed E-state index contributed by atoms with van der Waals surface area (Å²) in [5.41, 5.74) is 9.90. The Hall–Kier alpha value is -1.58. The van der Waals surface area contributed by atoms with E-state index in [1.165, 1.54) is 5.56 Å². The van der Waals surface area contributed by atoms with Crippen LogP contribution in [0.2, 0.25) is 5.02 Å². The smallest absolute Gasteiger partial charge is 0.0642 e. The van der Waals surface area contributed by atoms with Gasteiger partial charge in [0, 0.05) is 12.2 Å². The number of pyridine rings is 1. The third kappa shape index (κ3) is 4.19. The Morgan fingerprint density at radius 1 is 1.24 bits per heavy atom. The number of aryl methyl sites for hydroxylation is 1. The maximum atomic E-state index is 6.43. The van der Waals surface area contributed by atoms with E-state index in [0.717, 1.165) is 41.6 Å². The van der Waals surface area contributed by atoms with Crippen molar-refractivity contribution in [1.29, 1.82) is 0 Å². The largest absolute Gasteiger partial charge is 0.365 e. The van der Waals surface area contributed by atoms with Crippen LogP contribution >= 0.6 is 11.6 Å². The Balaban J connectivity index is 2.21. The van der Waals surface area contributed by atoms with Gasteiger partial charge in [0.2, 0.25) is 0 Å². The molecule has 3 nitrogen and oxygen atoms in total. The van der Waals surface area contributed by atoms with Crippen LogP contribution in [0.1, 0.15) is 23.9 Å². The molecule has 0 aliphatic heterocycles. The molecule has 0 aliphatic carbocycles. The molecule has 2 aromatic rings. The van der Waals surface area contributed by atoms with Crippen LogP contribution < -0.4 is 10.6 Å². The molecule has 0 unspecified atom stereocenters. The van der Waals surface area contributed by atoms with Crippen LogP contribution in [0.4, 0.5) is 5.69 Å². The predicted molar refractivity (Wildman–Crippen MR) is 89.9 cm³/mol. The second kappa shape index (κ2) is 7.43. The summed E-state index contributed by atoms with van der Waals surface area (Å²) in [5.74, 6) is 0. The van der Waals surface area contributed by atoms with E-state index in [4.69, 9.17) is 17.3 Å². The fraction of sp³-hybridized carbons (Fsp3) is 0.353. The van der Waals surface area contributed by atoms with Crippen LogP contribution in [0.25, 0.3) is 0 Å². The lowest BCUT2D eigenvalue weighted by molar-refractivity contribution is 0.805. The van der Waals surface area contributed by atoms with Gasteiger partial charge in [-0.1, -0.05) is 23.7 Å². The summed E-state index contributed by atoms with van der Waals surface area (Å²) >= 11 is 6.43. The van der Waals surface area contributed by atoms with E-state index in [-0.39, 0.29) is 0 Å². The van der Waals surface area contributed by atoms with E-state index in [1.54, 1.807) is 0 Å². The Morgan fingerprint density at radius 3 is 2.67 bits per heavy atom. The molecule has 0 saturated carbocycles. The first-order valence-electron chi connectivity index (χ1n) is 7.30. The number of hydrogen-bond acceptors (Lipinski definition) is 3. The molecule has 1 aromatic carbocycles. The second-order valence-corrected chi connectivity index (χ2v) is 5.52. The van der Waals surface area contributed by atoms with Crippen molar-refractivity contribution in [2.75, 3.05) is 18.0 Å². The van der Waals surface area contributed by atoms with Crippen molar-refractivity contribution < 1.29 is 0 Å². The van der Waals surface area contributed by atoms with Gasteiger partial charge < -0.3 is 10.6 Å². The molecule has 2 rings (SSSR count). The van der Waals surface area contributed by atoms with E-state index in [9.17, 15) is 0 Å². The number of nitrogens with two attached hydrogens (primary N) is 1. The van der Waals surface area contributed by atoms with Crippen molar-refractivity contribution in [1.82, 2.24) is 4.98 Å². The summed E-state index contributed by atoms with van der Waals surface area (Å²) in [6, 6.07) is 12.3. The molecule has 0 atom stereocenters. The van der Waals surface area contributed by atoms with Crippen molar-refractivity contribution in [2.24, 2.45) is 5.73 Å². The van der Waals surface area contributed by atoms with Crippen LogP contribution in [0.15, 0.2) is 36.4 Å². The maximum absolute atomic E-state index is 6.43. The fourth-order valence-electron chi connectivity index (χ4n) is 2.38.